The van der Waals surface area contributed by atoms with Crippen molar-refractivity contribution in [1.29, 1.82) is 0 Å². The average Bonchev–Trinajstić information content (AvgIpc) is 3.02. The van der Waals surface area contributed by atoms with Crippen molar-refractivity contribution < 1.29 is 9.47 Å². The van der Waals surface area contributed by atoms with Crippen LogP contribution in [0.5, 0.6) is 11.5 Å². The molecule has 4 rings (SSSR count). The van der Waals surface area contributed by atoms with E-state index >= 15 is 0 Å². The van der Waals surface area contributed by atoms with Gasteiger partial charge >= 0.3 is 0 Å². The molecule has 0 bridgehead atoms. The van der Waals surface area contributed by atoms with Crippen molar-refractivity contribution in [3.8, 4) is 22.9 Å². The number of aromatic nitrogens is 3. The predicted molar refractivity (Wildman–Crippen MR) is 69.9 cm³/mol. The number of rotatable bonds is 1. The number of nitrogens with zero attached hydrogens (tertiary/aromatic N) is 2. The molecule has 0 amide bonds. The zero-order chi connectivity index (χ0) is 12.8. The molecule has 1 aliphatic heterocycles. The molecule has 0 spiro atoms. The first-order valence-electron chi connectivity index (χ1n) is 5.81. The van der Waals surface area contributed by atoms with Crippen LogP contribution >= 0.6 is 0 Å². The number of fused-ring (bicyclic) bond motifs is 2. The van der Waals surface area contributed by atoms with Crippen LogP contribution < -0.4 is 15.2 Å². The minimum Gasteiger partial charge on any atom is -0.454 e. The highest BCUT2D eigenvalue weighted by molar-refractivity contribution is 5.78. The highest BCUT2D eigenvalue weighted by Gasteiger charge is 2.15. The van der Waals surface area contributed by atoms with Gasteiger partial charge in [-0.15, -0.1) is 0 Å². The van der Waals surface area contributed by atoms with Gasteiger partial charge in [0.25, 0.3) is 0 Å². The number of imidazole rings is 1. The molecule has 1 aromatic carbocycles. The van der Waals surface area contributed by atoms with E-state index in [1.165, 1.54) is 0 Å². The van der Waals surface area contributed by atoms with E-state index in [0.717, 1.165) is 28.4 Å². The fourth-order valence-electron chi connectivity index (χ4n) is 2.10. The SMILES string of the molecule is Nc1cnc2nc(-c3ccc4c(c3)OCO4)[nH]c2c1. The minimum absolute atomic E-state index is 0.261. The Labute approximate surface area is 108 Å². The molecule has 3 aromatic rings. The quantitative estimate of drug-likeness (QED) is 0.693. The summed E-state index contributed by atoms with van der Waals surface area (Å²) < 4.78 is 10.6. The van der Waals surface area contributed by atoms with Crippen LogP contribution in [-0.4, -0.2) is 21.7 Å². The number of benzene rings is 1. The number of hydrogen-bond donors (Lipinski definition) is 2. The molecule has 3 N–H and O–H groups in total. The van der Waals surface area contributed by atoms with Crippen LogP contribution in [0.4, 0.5) is 5.69 Å². The molecule has 0 saturated heterocycles. The van der Waals surface area contributed by atoms with Crippen LogP contribution in [0.1, 0.15) is 0 Å². The van der Waals surface area contributed by atoms with Gasteiger partial charge in [-0.3, -0.25) is 0 Å². The first-order chi connectivity index (χ1) is 9.29. The maximum absolute atomic E-state index is 5.70. The van der Waals surface area contributed by atoms with Crippen molar-refractivity contribution in [2.75, 3.05) is 12.5 Å². The second-order valence-corrected chi connectivity index (χ2v) is 4.29. The molecule has 0 unspecified atom stereocenters. The molecule has 6 heteroatoms. The molecule has 19 heavy (non-hydrogen) atoms. The Morgan fingerprint density at radius 2 is 2.05 bits per heavy atom. The Bertz CT molecular complexity index is 781. The van der Waals surface area contributed by atoms with Crippen LogP contribution in [0.25, 0.3) is 22.6 Å². The Morgan fingerprint density at radius 1 is 1.16 bits per heavy atom. The largest absolute Gasteiger partial charge is 0.454 e. The monoisotopic (exact) mass is 254 g/mol. The number of H-pyrrole nitrogens is 1. The molecule has 3 heterocycles. The molecular formula is C13H10N4O2. The van der Waals surface area contributed by atoms with Gasteiger partial charge in [-0.05, 0) is 24.3 Å². The normalized spacial score (nSPS) is 13.1. The summed E-state index contributed by atoms with van der Waals surface area (Å²) in [4.78, 5) is 11.8. The molecule has 94 valence electrons. The second-order valence-electron chi connectivity index (χ2n) is 4.29. The smallest absolute Gasteiger partial charge is 0.231 e. The highest BCUT2D eigenvalue weighted by atomic mass is 16.7. The Kier molecular flexibility index (Phi) is 1.94. The summed E-state index contributed by atoms with van der Waals surface area (Å²) in [7, 11) is 0. The van der Waals surface area contributed by atoms with Crippen molar-refractivity contribution in [3.63, 3.8) is 0 Å². The van der Waals surface area contributed by atoms with Crippen LogP contribution in [0, 0.1) is 0 Å². The standard InChI is InChI=1S/C13H10N4O2/c14-8-4-9-13(15-5-8)17-12(16-9)7-1-2-10-11(3-7)19-6-18-10/h1-5H,6,14H2,(H,15,16,17). The lowest BCUT2D eigenvalue weighted by Gasteiger charge is -1.99. The fourth-order valence-corrected chi connectivity index (χ4v) is 2.10. The number of aromatic amines is 1. The van der Waals surface area contributed by atoms with E-state index in [4.69, 9.17) is 15.2 Å². The summed E-state index contributed by atoms with van der Waals surface area (Å²) in [6, 6.07) is 7.50. The molecule has 0 saturated carbocycles. The van der Waals surface area contributed by atoms with Gasteiger partial charge in [-0.2, -0.15) is 0 Å². The maximum Gasteiger partial charge on any atom is 0.231 e. The lowest BCUT2D eigenvalue weighted by Crippen LogP contribution is -1.92. The van der Waals surface area contributed by atoms with Crippen molar-refractivity contribution in [1.82, 2.24) is 15.0 Å². The average molecular weight is 254 g/mol. The predicted octanol–water partition coefficient (Wildman–Crippen LogP) is 1.94. The first-order valence-corrected chi connectivity index (χ1v) is 5.81. The van der Waals surface area contributed by atoms with E-state index in [9.17, 15) is 0 Å². The number of anilines is 1. The molecule has 1 aliphatic rings. The summed E-state index contributed by atoms with van der Waals surface area (Å²) in [5.74, 6) is 2.21. The van der Waals surface area contributed by atoms with Crippen LogP contribution in [0.15, 0.2) is 30.5 Å². The lowest BCUT2D eigenvalue weighted by atomic mass is 10.2. The third-order valence-electron chi connectivity index (χ3n) is 3.00. The highest BCUT2D eigenvalue weighted by Crippen LogP contribution is 2.35. The van der Waals surface area contributed by atoms with Gasteiger partial charge in [0.05, 0.1) is 17.4 Å². The molecule has 0 aliphatic carbocycles. The minimum atomic E-state index is 0.261. The zero-order valence-corrected chi connectivity index (χ0v) is 9.88. The zero-order valence-electron chi connectivity index (χ0n) is 9.88. The molecule has 0 radical (unpaired) electrons. The number of nitrogens with two attached hydrogens (primary N) is 1. The van der Waals surface area contributed by atoms with E-state index < -0.39 is 0 Å². The number of nitrogens with one attached hydrogen (secondary N) is 1. The number of nitrogen functional groups attached to an aromatic ring is 1. The van der Waals surface area contributed by atoms with Gasteiger partial charge in [0.15, 0.2) is 17.1 Å². The lowest BCUT2D eigenvalue weighted by molar-refractivity contribution is 0.174. The van der Waals surface area contributed by atoms with Crippen molar-refractivity contribution in [2.24, 2.45) is 0 Å². The van der Waals surface area contributed by atoms with E-state index in [1.54, 1.807) is 6.20 Å². The van der Waals surface area contributed by atoms with Crippen LogP contribution in [-0.2, 0) is 0 Å². The van der Waals surface area contributed by atoms with Gasteiger partial charge in [-0.25, -0.2) is 9.97 Å². The van der Waals surface area contributed by atoms with Crippen LogP contribution in [0.3, 0.4) is 0 Å². The number of ether oxygens (including phenoxy) is 2. The molecule has 2 aromatic heterocycles. The summed E-state index contributed by atoms with van der Waals surface area (Å²) in [6.07, 6.45) is 1.59. The Hall–Kier alpha value is -2.76. The van der Waals surface area contributed by atoms with E-state index in [1.807, 2.05) is 24.3 Å². The molecule has 0 atom stereocenters. The van der Waals surface area contributed by atoms with Gasteiger partial charge in [0.1, 0.15) is 5.82 Å². The maximum atomic E-state index is 5.70. The molecular weight excluding hydrogens is 244 g/mol. The number of hydrogen-bond acceptors (Lipinski definition) is 5. The van der Waals surface area contributed by atoms with E-state index in [0.29, 0.717) is 11.3 Å². The van der Waals surface area contributed by atoms with Crippen molar-refractivity contribution in [3.05, 3.63) is 30.5 Å². The van der Waals surface area contributed by atoms with E-state index in [-0.39, 0.29) is 6.79 Å². The molecule has 0 fully saturated rings. The molecule has 6 nitrogen and oxygen atoms in total. The van der Waals surface area contributed by atoms with E-state index in [2.05, 4.69) is 15.0 Å². The van der Waals surface area contributed by atoms with Gasteiger partial charge < -0.3 is 20.2 Å². The summed E-state index contributed by atoms with van der Waals surface area (Å²) >= 11 is 0. The van der Waals surface area contributed by atoms with Gasteiger partial charge in [0, 0.05) is 5.56 Å². The Morgan fingerprint density at radius 3 is 3.00 bits per heavy atom. The first kappa shape index (κ1) is 10.2. The van der Waals surface area contributed by atoms with Crippen molar-refractivity contribution >= 4 is 16.9 Å². The van der Waals surface area contributed by atoms with Gasteiger partial charge in [-0.1, -0.05) is 0 Å². The second kappa shape index (κ2) is 3.61. The summed E-state index contributed by atoms with van der Waals surface area (Å²) in [5, 5.41) is 0. The Balaban J connectivity index is 1.85. The third kappa shape index (κ3) is 1.57. The fraction of sp³-hybridized carbons (Fsp3) is 0.0769. The summed E-state index contributed by atoms with van der Waals surface area (Å²) in [6.45, 7) is 0.261. The van der Waals surface area contributed by atoms with Crippen LogP contribution in [0.2, 0.25) is 0 Å². The van der Waals surface area contributed by atoms with Crippen molar-refractivity contribution in [2.45, 2.75) is 0 Å². The van der Waals surface area contributed by atoms with Gasteiger partial charge in [0.2, 0.25) is 6.79 Å². The topological polar surface area (TPSA) is 86.1 Å². The third-order valence-corrected chi connectivity index (χ3v) is 3.00. The number of pyridine rings is 1. The summed E-state index contributed by atoms with van der Waals surface area (Å²) in [5.41, 5.74) is 8.67.